The van der Waals surface area contributed by atoms with Gasteiger partial charge >= 0.3 is 6.09 Å². The predicted molar refractivity (Wildman–Crippen MR) is 99.6 cm³/mol. The number of benzene rings is 2. The van der Waals surface area contributed by atoms with Crippen molar-refractivity contribution in [3.63, 3.8) is 0 Å². The molecule has 2 aliphatic heterocycles. The summed E-state index contributed by atoms with van der Waals surface area (Å²) in [6.07, 6.45) is -1.00. The zero-order chi connectivity index (χ0) is 19.7. The lowest BCUT2D eigenvalue weighted by Gasteiger charge is -2.26. The minimum Gasteiger partial charge on any atom is -0.445 e. The van der Waals surface area contributed by atoms with Crippen LogP contribution in [-0.4, -0.2) is 58.0 Å². The fraction of sp³-hybridized carbons (Fsp3) is 0.286. The van der Waals surface area contributed by atoms with Crippen molar-refractivity contribution < 1.29 is 24.2 Å². The second kappa shape index (κ2) is 7.44. The van der Waals surface area contributed by atoms with Gasteiger partial charge in [0.15, 0.2) is 0 Å². The second-order valence-corrected chi connectivity index (χ2v) is 7.00. The van der Waals surface area contributed by atoms with Crippen LogP contribution in [0.4, 0.5) is 4.79 Å². The quantitative estimate of drug-likeness (QED) is 0.821. The van der Waals surface area contributed by atoms with Gasteiger partial charge in [0.1, 0.15) is 6.61 Å². The summed E-state index contributed by atoms with van der Waals surface area (Å²) in [5.74, 6) is -0.751. The maximum Gasteiger partial charge on any atom is 0.410 e. The van der Waals surface area contributed by atoms with Gasteiger partial charge in [0, 0.05) is 0 Å². The standard InChI is InChI=1S/C21H20N2O5/c24-16-10-15(11-23-19(25)17-8-4-5-9-18(17)20(23)26)22(12-16)21(27)28-13-14-6-2-1-3-7-14/h1-9,15-16,24H,10-13H2/t15?,16-/m1/s1. The van der Waals surface area contributed by atoms with Crippen molar-refractivity contribution in [2.24, 2.45) is 0 Å². The maximum absolute atomic E-state index is 12.6. The van der Waals surface area contributed by atoms with E-state index in [1.165, 1.54) is 4.90 Å². The molecule has 0 radical (unpaired) electrons. The highest BCUT2D eigenvalue weighted by atomic mass is 16.6. The Kier molecular flexibility index (Phi) is 4.83. The van der Waals surface area contributed by atoms with E-state index in [0.717, 1.165) is 10.5 Å². The van der Waals surface area contributed by atoms with Crippen LogP contribution in [0.5, 0.6) is 0 Å². The van der Waals surface area contributed by atoms with Crippen molar-refractivity contribution in [3.8, 4) is 0 Å². The Bertz CT molecular complexity index is 879. The van der Waals surface area contributed by atoms with Crippen LogP contribution in [0, 0.1) is 0 Å². The first-order valence-electron chi connectivity index (χ1n) is 9.15. The van der Waals surface area contributed by atoms with Crippen molar-refractivity contribution in [1.29, 1.82) is 0 Å². The molecule has 1 saturated heterocycles. The zero-order valence-corrected chi connectivity index (χ0v) is 15.2. The fourth-order valence-corrected chi connectivity index (χ4v) is 3.71. The van der Waals surface area contributed by atoms with E-state index in [9.17, 15) is 19.5 Å². The van der Waals surface area contributed by atoms with E-state index < -0.39 is 18.2 Å². The van der Waals surface area contributed by atoms with E-state index in [1.54, 1.807) is 24.3 Å². The summed E-state index contributed by atoms with van der Waals surface area (Å²) in [6.45, 7) is 0.261. The van der Waals surface area contributed by atoms with E-state index in [0.29, 0.717) is 11.1 Å². The van der Waals surface area contributed by atoms with Gasteiger partial charge in [-0.3, -0.25) is 14.5 Å². The van der Waals surface area contributed by atoms with Crippen LogP contribution >= 0.6 is 0 Å². The van der Waals surface area contributed by atoms with Crippen molar-refractivity contribution in [2.75, 3.05) is 13.1 Å². The molecule has 28 heavy (non-hydrogen) atoms. The molecule has 0 saturated carbocycles. The number of rotatable bonds is 4. The molecule has 7 nitrogen and oxygen atoms in total. The van der Waals surface area contributed by atoms with Crippen LogP contribution in [0.3, 0.4) is 0 Å². The predicted octanol–water partition coefficient (Wildman–Crippen LogP) is 2.05. The van der Waals surface area contributed by atoms with E-state index in [-0.39, 0.29) is 37.9 Å². The van der Waals surface area contributed by atoms with Gasteiger partial charge in [-0.2, -0.15) is 0 Å². The molecular formula is C21H20N2O5. The summed E-state index contributed by atoms with van der Waals surface area (Å²) in [5.41, 5.74) is 1.58. The SMILES string of the molecule is O=C1c2ccccc2C(=O)N1CC1C[C@@H](O)CN1C(=O)OCc1ccccc1. The second-order valence-electron chi connectivity index (χ2n) is 7.00. The van der Waals surface area contributed by atoms with Crippen LogP contribution in [0.2, 0.25) is 0 Å². The third kappa shape index (κ3) is 3.36. The summed E-state index contributed by atoms with van der Waals surface area (Å²) < 4.78 is 5.36. The number of fused-ring (bicyclic) bond motifs is 1. The lowest BCUT2D eigenvalue weighted by Crippen LogP contribution is -2.45. The van der Waals surface area contributed by atoms with Crippen molar-refractivity contribution in [2.45, 2.75) is 25.2 Å². The van der Waals surface area contributed by atoms with Gasteiger partial charge in [0.25, 0.3) is 11.8 Å². The number of aliphatic hydroxyl groups is 1. The van der Waals surface area contributed by atoms with Gasteiger partial charge < -0.3 is 14.7 Å². The minimum absolute atomic E-state index is 0.0316. The number of carbonyl (C=O) groups excluding carboxylic acids is 3. The Labute approximate surface area is 162 Å². The average molecular weight is 380 g/mol. The highest BCUT2D eigenvalue weighted by Gasteiger charge is 2.42. The monoisotopic (exact) mass is 380 g/mol. The Hall–Kier alpha value is -3.19. The number of β-amino-alcohol motifs (C(OH)–C–C–N with tert-alkyl or cyclic N) is 1. The zero-order valence-electron chi connectivity index (χ0n) is 15.2. The summed E-state index contributed by atoms with van der Waals surface area (Å²) in [5, 5.41) is 10.0. The molecule has 7 heteroatoms. The third-order valence-electron chi connectivity index (χ3n) is 5.10. The molecule has 0 spiro atoms. The molecule has 2 atom stereocenters. The molecule has 3 amide bonds. The first kappa shape index (κ1) is 18.2. The van der Waals surface area contributed by atoms with Gasteiger partial charge in [-0.25, -0.2) is 4.79 Å². The number of hydrogen-bond donors (Lipinski definition) is 1. The normalized spacial score (nSPS) is 21.2. The number of aliphatic hydroxyl groups excluding tert-OH is 1. The molecule has 1 N–H and O–H groups in total. The van der Waals surface area contributed by atoms with Crippen LogP contribution < -0.4 is 0 Å². The topological polar surface area (TPSA) is 87.2 Å². The van der Waals surface area contributed by atoms with Gasteiger partial charge in [-0.05, 0) is 24.1 Å². The Morgan fingerprint density at radius 2 is 1.61 bits per heavy atom. The molecular weight excluding hydrogens is 360 g/mol. The molecule has 2 aromatic rings. The van der Waals surface area contributed by atoms with Gasteiger partial charge in [-0.15, -0.1) is 0 Å². The number of nitrogens with zero attached hydrogens (tertiary/aromatic N) is 2. The van der Waals surface area contributed by atoms with E-state index in [2.05, 4.69) is 0 Å². The van der Waals surface area contributed by atoms with Crippen LogP contribution in [-0.2, 0) is 11.3 Å². The van der Waals surface area contributed by atoms with Gasteiger partial charge in [-0.1, -0.05) is 42.5 Å². The van der Waals surface area contributed by atoms with Crippen molar-refractivity contribution in [3.05, 3.63) is 71.3 Å². The molecule has 1 unspecified atom stereocenters. The number of likely N-dealkylation sites (tertiary alicyclic amines) is 1. The first-order chi connectivity index (χ1) is 13.5. The highest BCUT2D eigenvalue weighted by Crippen LogP contribution is 2.26. The molecule has 2 heterocycles. The Morgan fingerprint density at radius 1 is 1.00 bits per heavy atom. The molecule has 2 aliphatic rings. The lowest BCUT2D eigenvalue weighted by molar-refractivity contribution is 0.0571. The summed E-state index contributed by atoms with van der Waals surface area (Å²) in [6, 6.07) is 15.4. The molecule has 0 aromatic heterocycles. The highest BCUT2D eigenvalue weighted by molar-refractivity contribution is 6.21. The molecule has 144 valence electrons. The van der Waals surface area contributed by atoms with Crippen LogP contribution in [0.1, 0.15) is 32.7 Å². The summed E-state index contributed by atoms with van der Waals surface area (Å²) in [4.78, 5) is 40.2. The van der Waals surface area contributed by atoms with Crippen molar-refractivity contribution >= 4 is 17.9 Å². The number of carbonyl (C=O) groups is 3. The Morgan fingerprint density at radius 3 is 2.25 bits per heavy atom. The first-order valence-corrected chi connectivity index (χ1v) is 9.15. The molecule has 1 fully saturated rings. The number of ether oxygens (including phenoxy) is 1. The summed E-state index contributed by atoms with van der Waals surface area (Å²) in [7, 11) is 0. The average Bonchev–Trinajstić information content (AvgIpc) is 3.20. The molecule has 0 bridgehead atoms. The molecule has 2 aromatic carbocycles. The third-order valence-corrected chi connectivity index (χ3v) is 5.10. The van der Waals surface area contributed by atoms with Crippen LogP contribution in [0.25, 0.3) is 0 Å². The number of imide groups is 1. The molecule has 4 rings (SSSR count). The van der Waals surface area contributed by atoms with Crippen molar-refractivity contribution in [1.82, 2.24) is 9.80 Å². The van der Waals surface area contributed by atoms with Crippen LogP contribution in [0.15, 0.2) is 54.6 Å². The lowest BCUT2D eigenvalue weighted by atomic mass is 10.1. The number of amides is 3. The summed E-state index contributed by atoms with van der Waals surface area (Å²) >= 11 is 0. The van der Waals surface area contributed by atoms with E-state index in [4.69, 9.17) is 4.74 Å². The van der Waals surface area contributed by atoms with Gasteiger partial charge in [0.2, 0.25) is 0 Å². The number of hydrogen-bond acceptors (Lipinski definition) is 5. The largest absolute Gasteiger partial charge is 0.445 e. The Balaban J connectivity index is 1.44. The molecule has 0 aliphatic carbocycles. The smallest absolute Gasteiger partial charge is 0.410 e. The van der Waals surface area contributed by atoms with Gasteiger partial charge in [0.05, 0.1) is 36.4 Å². The minimum atomic E-state index is -0.718. The maximum atomic E-state index is 12.6. The van der Waals surface area contributed by atoms with E-state index >= 15 is 0 Å². The fourth-order valence-electron chi connectivity index (χ4n) is 3.71. The van der Waals surface area contributed by atoms with E-state index in [1.807, 2.05) is 30.3 Å².